The second-order valence-electron chi connectivity index (χ2n) is 4.39. The van der Waals surface area contributed by atoms with E-state index in [1.165, 1.54) is 13.0 Å². The molecule has 1 aromatic carbocycles. The average Bonchev–Trinajstić information content (AvgIpc) is 2.45. The number of ether oxygens (including phenoxy) is 3. The predicted molar refractivity (Wildman–Crippen MR) is 77.5 cm³/mol. The van der Waals surface area contributed by atoms with Crippen LogP contribution in [0.25, 0.3) is 0 Å². The van der Waals surface area contributed by atoms with Crippen molar-refractivity contribution in [2.75, 3.05) is 13.2 Å². The van der Waals surface area contributed by atoms with Crippen molar-refractivity contribution in [1.29, 1.82) is 0 Å². The number of benzene rings is 1. The first-order chi connectivity index (χ1) is 9.99. The maximum absolute atomic E-state index is 11.9. The zero-order chi connectivity index (χ0) is 15.8. The summed E-state index contributed by atoms with van der Waals surface area (Å²) in [6.07, 6.45) is -0.116. The van der Waals surface area contributed by atoms with Crippen LogP contribution in [0.4, 0.5) is 0 Å². The number of carbonyl (C=O) groups is 2. The van der Waals surface area contributed by atoms with Gasteiger partial charge in [-0.3, -0.25) is 4.79 Å². The van der Waals surface area contributed by atoms with E-state index in [1.807, 2.05) is 13.8 Å². The number of hydrogen-bond donors (Lipinski definition) is 1. The molecule has 0 unspecified atom stereocenters. The second kappa shape index (κ2) is 8.14. The maximum Gasteiger partial charge on any atom is 0.339 e. The number of esters is 1. The topological polar surface area (TPSA) is 87.9 Å². The fraction of sp³-hybridized carbons (Fsp3) is 0.467. The lowest BCUT2D eigenvalue weighted by atomic mass is 10.2. The van der Waals surface area contributed by atoms with E-state index in [0.29, 0.717) is 24.7 Å². The van der Waals surface area contributed by atoms with Crippen molar-refractivity contribution in [3.05, 3.63) is 23.8 Å². The summed E-state index contributed by atoms with van der Waals surface area (Å²) in [4.78, 5) is 22.8. The van der Waals surface area contributed by atoms with Gasteiger partial charge in [0, 0.05) is 0 Å². The van der Waals surface area contributed by atoms with Crippen molar-refractivity contribution < 1.29 is 23.8 Å². The number of amides is 1. The van der Waals surface area contributed by atoms with E-state index < -0.39 is 18.0 Å². The summed E-state index contributed by atoms with van der Waals surface area (Å²) >= 11 is 0. The minimum atomic E-state index is -0.982. The Kier molecular flexibility index (Phi) is 6.52. The molecule has 6 heteroatoms. The van der Waals surface area contributed by atoms with Crippen molar-refractivity contribution in [1.82, 2.24) is 0 Å². The molecule has 116 valence electrons. The summed E-state index contributed by atoms with van der Waals surface area (Å²) in [5, 5.41) is 0. The van der Waals surface area contributed by atoms with E-state index in [9.17, 15) is 9.59 Å². The summed E-state index contributed by atoms with van der Waals surface area (Å²) in [6, 6.07) is 4.74. The van der Waals surface area contributed by atoms with E-state index in [0.717, 1.165) is 6.42 Å². The highest BCUT2D eigenvalue weighted by atomic mass is 16.5. The smallest absolute Gasteiger partial charge is 0.339 e. The zero-order valence-electron chi connectivity index (χ0n) is 12.5. The molecular formula is C15H21NO5. The van der Waals surface area contributed by atoms with Gasteiger partial charge in [-0.2, -0.15) is 0 Å². The third kappa shape index (κ3) is 4.98. The number of rotatable bonds is 8. The maximum atomic E-state index is 11.9. The number of carbonyl (C=O) groups excluding carboxylic acids is 2. The van der Waals surface area contributed by atoms with Crippen LogP contribution in [-0.2, 0) is 9.53 Å². The molecule has 0 radical (unpaired) electrons. The lowest BCUT2D eigenvalue weighted by Crippen LogP contribution is -2.30. The highest BCUT2D eigenvalue weighted by Crippen LogP contribution is 2.29. The fourth-order valence-corrected chi connectivity index (χ4v) is 1.52. The zero-order valence-corrected chi connectivity index (χ0v) is 12.5. The first kappa shape index (κ1) is 16.8. The minimum Gasteiger partial charge on any atom is -0.490 e. The Bertz CT molecular complexity index is 501. The summed E-state index contributed by atoms with van der Waals surface area (Å²) in [5.74, 6) is -0.300. The van der Waals surface area contributed by atoms with Gasteiger partial charge in [0.25, 0.3) is 5.91 Å². The summed E-state index contributed by atoms with van der Waals surface area (Å²) in [6.45, 7) is 6.25. The monoisotopic (exact) mass is 295 g/mol. The van der Waals surface area contributed by atoms with Crippen LogP contribution in [0.15, 0.2) is 18.2 Å². The Labute approximate surface area is 124 Å². The van der Waals surface area contributed by atoms with Crippen LogP contribution in [0.1, 0.15) is 37.6 Å². The van der Waals surface area contributed by atoms with Gasteiger partial charge in [-0.15, -0.1) is 0 Å². The van der Waals surface area contributed by atoms with Crippen LogP contribution in [0, 0.1) is 0 Å². The molecule has 0 saturated heterocycles. The standard InChI is InChI=1S/C15H21NO5/c1-4-8-20-12-7-6-11(9-13(12)19-5-2)15(18)21-10(3)14(16)17/h6-7,9-10H,4-5,8H2,1-3H3,(H2,16,17)/t10-/m0/s1. The van der Waals surface area contributed by atoms with Crippen LogP contribution in [0.5, 0.6) is 11.5 Å². The molecule has 21 heavy (non-hydrogen) atoms. The lowest BCUT2D eigenvalue weighted by molar-refractivity contribution is -0.125. The molecule has 0 saturated carbocycles. The van der Waals surface area contributed by atoms with E-state index >= 15 is 0 Å². The molecule has 0 aliphatic carbocycles. The molecule has 0 heterocycles. The highest BCUT2D eigenvalue weighted by molar-refractivity contribution is 5.92. The van der Waals surface area contributed by atoms with E-state index in [-0.39, 0.29) is 5.56 Å². The van der Waals surface area contributed by atoms with Crippen LogP contribution in [-0.4, -0.2) is 31.2 Å². The summed E-state index contributed by atoms with van der Waals surface area (Å²) in [7, 11) is 0. The molecule has 1 atom stereocenters. The van der Waals surface area contributed by atoms with Gasteiger partial charge < -0.3 is 19.9 Å². The minimum absolute atomic E-state index is 0.274. The fourth-order valence-electron chi connectivity index (χ4n) is 1.52. The largest absolute Gasteiger partial charge is 0.490 e. The first-order valence-electron chi connectivity index (χ1n) is 6.89. The Morgan fingerprint density at radius 2 is 1.90 bits per heavy atom. The normalized spacial score (nSPS) is 11.6. The van der Waals surface area contributed by atoms with Crippen molar-refractivity contribution in [2.24, 2.45) is 5.73 Å². The number of primary amides is 1. The second-order valence-corrected chi connectivity index (χ2v) is 4.39. The molecule has 2 N–H and O–H groups in total. The third-order valence-electron chi connectivity index (χ3n) is 2.63. The Balaban J connectivity index is 2.90. The van der Waals surface area contributed by atoms with Gasteiger partial charge in [-0.1, -0.05) is 6.92 Å². The summed E-state index contributed by atoms with van der Waals surface area (Å²) in [5.41, 5.74) is 5.33. The molecule has 0 aliphatic rings. The van der Waals surface area contributed by atoms with Gasteiger partial charge in [0.05, 0.1) is 18.8 Å². The van der Waals surface area contributed by atoms with Crippen molar-refractivity contribution in [3.8, 4) is 11.5 Å². The molecule has 1 rings (SSSR count). The van der Waals surface area contributed by atoms with Gasteiger partial charge >= 0.3 is 5.97 Å². The van der Waals surface area contributed by atoms with E-state index in [1.54, 1.807) is 12.1 Å². The van der Waals surface area contributed by atoms with Crippen LogP contribution >= 0.6 is 0 Å². The van der Waals surface area contributed by atoms with Gasteiger partial charge in [-0.25, -0.2) is 4.79 Å². The molecule has 0 fully saturated rings. The number of nitrogens with two attached hydrogens (primary N) is 1. The van der Waals surface area contributed by atoms with Crippen molar-refractivity contribution in [3.63, 3.8) is 0 Å². The van der Waals surface area contributed by atoms with Crippen LogP contribution in [0.2, 0.25) is 0 Å². The van der Waals surface area contributed by atoms with Gasteiger partial charge in [0.2, 0.25) is 0 Å². The van der Waals surface area contributed by atoms with Crippen LogP contribution in [0.3, 0.4) is 0 Å². The summed E-state index contributed by atoms with van der Waals surface area (Å²) < 4.78 is 15.9. The molecule has 1 aromatic rings. The molecule has 0 bridgehead atoms. The SMILES string of the molecule is CCCOc1ccc(C(=O)O[C@@H](C)C(N)=O)cc1OCC. The lowest BCUT2D eigenvalue weighted by Gasteiger charge is -2.14. The quantitative estimate of drug-likeness (QED) is 0.740. The molecule has 6 nitrogen and oxygen atoms in total. The van der Waals surface area contributed by atoms with Gasteiger partial charge in [0.1, 0.15) is 0 Å². The first-order valence-corrected chi connectivity index (χ1v) is 6.89. The average molecular weight is 295 g/mol. The van der Waals surface area contributed by atoms with Crippen LogP contribution < -0.4 is 15.2 Å². The predicted octanol–water partition coefficient (Wildman–Crippen LogP) is 1.90. The Morgan fingerprint density at radius 1 is 1.19 bits per heavy atom. The Morgan fingerprint density at radius 3 is 2.48 bits per heavy atom. The highest BCUT2D eigenvalue weighted by Gasteiger charge is 2.18. The van der Waals surface area contributed by atoms with E-state index in [4.69, 9.17) is 19.9 Å². The van der Waals surface area contributed by atoms with Gasteiger partial charge in [-0.05, 0) is 38.5 Å². The Hall–Kier alpha value is -2.24. The molecule has 0 spiro atoms. The molecule has 0 aliphatic heterocycles. The third-order valence-corrected chi connectivity index (χ3v) is 2.63. The van der Waals surface area contributed by atoms with Crippen molar-refractivity contribution >= 4 is 11.9 Å². The van der Waals surface area contributed by atoms with Crippen molar-refractivity contribution in [2.45, 2.75) is 33.3 Å². The van der Waals surface area contributed by atoms with Gasteiger partial charge in [0.15, 0.2) is 17.6 Å². The van der Waals surface area contributed by atoms with E-state index in [2.05, 4.69) is 0 Å². The molecule has 1 amide bonds. The number of hydrogen-bond acceptors (Lipinski definition) is 5. The molecular weight excluding hydrogens is 274 g/mol. The molecule has 0 aromatic heterocycles.